The molecule has 138 valence electrons. The lowest BCUT2D eigenvalue weighted by Crippen LogP contribution is -2.44. The maximum absolute atomic E-state index is 12.5. The standard InChI is InChI=1S/C20H26N4O2/c1-26-18-11-17-12-19(22-24(17)14-18)20(25)21-16-7-9-23(10-8-16)13-15-5-3-2-4-6-15/h2-6,12,16,18H,7-11,13-14H2,1H3,(H,21,25)/t18-/m0/s1. The summed E-state index contributed by atoms with van der Waals surface area (Å²) in [6.45, 7) is 3.73. The van der Waals surface area contributed by atoms with E-state index >= 15 is 0 Å². The number of hydrogen-bond donors (Lipinski definition) is 1. The number of carbonyl (C=O) groups is 1. The molecule has 0 bridgehead atoms. The van der Waals surface area contributed by atoms with Gasteiger partial charge in [0.1, 0.15) is 5.69 Å². The van der Waals surface area contributed by atoms with Crippen molar-refractivity contribution >= 4 is 5.91 Å². The number of nitrogens with one attached hydrogen (secondary N) is 1. The molecule has 26 heavy (non-hydrogen) atoms. The molecule has 1 N–H and O–H groups in total. The van der Waals surface area contributed by atoms with E-state index in [0.717, 1.165) is 51.1 Å². The Morgan fingerprint density at radius 3 is 2.73 bits per heavy atom. The first-order valence-electron chi connectivity index (χ1n) is 9.38. The van der Waals surface area contributed by atoms with Gasteiger partial charge in [0, 0.05) is 44.9 Å². The molecule has 2 aliphatic heterocycles. The van der Waals surface area contributed by atoms with Gasteiger partial charge in [0.2, 0.25) is 0 Å². The van der Waals surface area contributed by atoms with Crippen LogP contribution in [0.1, 0.15) is 34.6 Å². The molecule has 1 atom stereocenters. The Bertz CT molecular complexity index is 727. The number of fused-ring (bicyclic) bond motifs is 1. The number of benzene rings is 1. The fraction of sp³-hybridized carbons (Fsp3) is 0.500. The Balaban J connectivity index is 1.26. The van der Waals surface area contributed by atoms with E-state index in [1.54, 1.807) is 7.11 Å². The highest BCUT2D eigenvalue weighted by molar-refractivity contribution is 5.92. The minimum Gasteiger partial charge on any atom is -0.379 e. The maximum Gasteiger partial charge on any atom is 0.272 e. The number of rotatable bonds is 5. The van der Waals surface area contributed by atoms with E-state index in [1.807, 2.05) is 16.8 Å². The van der Waals surface area contributed by atoms with Crippen molar-refractivity contribution in [1.29, 1.82) is 0 Å². The van der Waals surface area contributed by atoms with Crippen LogP contribution < -0.4 is 5.32 Å². The molecule has 1 aromatic heterocycles. The van der Waals surface area contributed by atoms with Crippen LogP contribution in [0.25, 0.3) is 0 Å². The molecule has 4 rings (SSSR count). The van der Waals surface area contributed by atoms with Crippen LogP contribution in [0, 0.1) is 0 Å². The number of ether oxygens (including phenoxy) is 1. The largest absolute Gasteiger partial charge is 0.379 e. The molecule has 6 nitrogen and oxygen atoms in total. The van der Waals surface area contributed by atoms with Gasteiger partial charge in [-0.05, 0) is 24.5 Å². The van der Waals surface area contributed by atoms with Crippen molar-refractivity contribution in [1.82, 2.24) is 20.0 Å². The number of likely N-dealkylation sites (tertiary alicyclic amines) is 1. The first-order chi connectivity index (χ1) is 12.7. The molecule has 2 aromatic rings. The van der Waals surface area contributed by atoms with Crippen molar-refractivity contribution in [2.24, 2.45) is 0 Å². The molecular weight excluding hydrogens is 328 g/mol. The van der Waals surface area contributed by atoms with Gasteiger partial charge in [-0.25, -0.2) is 0 Å². The lowest BCUT2D eigenvalue weighted by atomic mass is 10.0. The van der Waals surface area contributed by atoms with Crippen LogP contribution in [-0.4, -0.2) is 52.9 Å². The van der Waals surface area contributed by atoms with Crippen LogP contribution in [0.5, 0.6) is 0 Å². The molecule has 1 saturated heterocycles. The summed E-state index contributed by atoms with van der Waals surface area (Å²) >= 11 is 0. The van der Waals surface area contributed by atoms with Crippen LogP contribution in [-0.2, 0) is 24.2 Å². The predicted octanol–water partition coefficient (Wildman–Crippen LogP) is 1.85. The van der Waals surface area contributed by atoms with Crippen LogP contribution in [0.3, 0.4) is 0 Å². The van der Waals surface area contributed by atoms with Crippen molar-refractivity contribution < 1.29 is 9.53 Å². The lowest BCUT2D eigenvalue weighted by Gasteiger charge is -2.32. The Hall–Kier alpha value is -2.18. The van der Waals surface area contributed by atoms with Gasteiger partial charge in [-0.3, -0.25) is 14.4 Å². The van der Waals surface area contributed by atoms with E-state index in [4.69, 9.17) is 4.74 Å². The van der Waals surface area contributed by atoms with Crippen molar-refractivity contribution in [3.05, 3.63) is 53.3 Å². The van der Waals surface area contributed by atoms with Gasteiger partial charge in [0.25, 0.3) is 5.91 Å². The molecule has 1 fully saturated rings. The summed E-state index contributed by atoms with van der Waals surface area (Å²) in [7, 11) is 1.72. The summed E-state index contributed by atoms with van der Waals surface area (Å²) in [5.41, 5.74) is 2.96. The molecule has 0 spiro atoms. The Morgan fingerprint density at radius 1 is 1.27 bits per heavy atom. The zero-order valence-corrected chi connectivity index (χ0v) is 15.2. The average Bonchev–Trinajstić information content (AvgIpc) is 3.23. The number of carbonyl (C=O) groups excluding carboxylic acids is 1. The quantitative estimate of drug-likeness (QED) is 0.890. The molecule has 0 unspecified atom stereocenters. The Morgan fingerprint density at radius 2 is 2.04 bits per heavy atom. The Kier molecular flexibility index (Phi) is 5.04. The van der Waals surface area contributed by atoms with E-state index in [0.29, 0.717) is 5.69 Å². The predicted molar refractivity (Wildman–Crippen MR) is 98.9 cm³/mol. The summed E-state index contributed by atoms with van der Waals surface area (Å²) in [5.74, 6) is -0.0534. The van der Waals surface area contributed by atoms with Crippen LogP contribution in [0.15, 0.2) is 36.4 Å². The van der Waals surface area contributed by atoms with Crippen LogP contribution >= 0.6 is 0 Å². The molecule has 0 aliphatic carbocycles. The van der Waals surface area contributed by atoms with Crippen molar-refractivity contribution in [3.8, 4) is 0 Å². The number of methoxy groups -OCH3 is 1. The van der Waals surface area contributed by atoms with E-state index in [2.05, 4.69) is 39.6 Å². The third-order valence-electron chi connectivity index (χ3n) is 5.41. The molecule has 1 aromatic carbocycles. The summed E-state index contributed by atoms with van der Waals surface area (Å²) in [4.78, 5) is 15.0. The number of aromatic nitrogens is 2. The maximum atomic E-state index is 12.5. The van der Waals surface area contributed by atoms with Gasteiger partial charge in [-0.2, -0.15) is 5.10 Å². The van der Waals surface area contributed by atoms with Crippen LogP contribution in [0.2, 0.25) is 0 Å². The van der Waals surface area contributed by atoms with Gasteiger partial charge in [-0.15, -0.1) is 0 Å². The van der Waals surface area contributed by atoms with Crippen molar-refractivity contribution in [3.63, 3.8) is 0 Å². The second-order valence-corrected chi connectivity index (χ2v) is 7.27. The van der Waals surface area contributed by atoms with Gasteiger partial charge < -0.3 is 10.1 Å². The van der Waals surface area contributed by atoms with Gasteiger partial charge in [-0.1, -0.05) is 30.3 Å². The highest BCUT2D eigenvalue weighted by Gasteiger charge is 2.26. The molecule has 2 aliphatic rings. The second-order valence-electron chi connectivity index (χ2n) is 7.27. The summed E-state index contributed by atoms with van der Waals surface area (Å²) < 4.78 is 7.25. The third-order valence-corrected chi connectivity index (χ3v) is 5.41. The highest BCUT2D eigenvalue weighted by Crippen LogP contribution is 2.19. The first-order valence-corrected chi connectivity index (χ1v) is 9.38. The fourth-order valence-corrected chi connectivity index (χ4v) is 3.87. The number of piperidine rings is 1. The van der Waals surface area contributed by atoms with Gasteiger partial charge >= 0.3 is 0 Å². The Labute approximate surface area is 154 Å². The molecule has 0 saturated carbocycles. The molecule has 1 amide bonds. The zero-order valence-electron chi connectivity index (χ0n) is 15.2. The van der Waals surface area contributed by atoms with Crippen LogP contribution in [0.4, 0.5) is 0 Å². The summed E-state index contributed by atoms with van der Waals surface area (Å²) in [5, 5.41) is 7.60. The first kappa shape index (κ1) is 17.2. The topological polar surface area (TPSA) is 59.4 Å². The number of nitrogens with zero attached hydrogens (tertiary/aromatic N) is 3. The zero-order chi connectivity index (χ0) is 17.9. The molecule has 6 heteroatoms. The molecular formula is C20H26N4O2. The van der Waals surface area contributed by atoms with Gasteiger partial charge in [0.05, 0.1) is 12.6 Å². The monoisotopic (exact) mass is 354 g/mol. The average molecular weight is 354 g/mol. The van der Waals surface area contributed by atoms with Crippen molar-refractivity contribution in [2.75, 3.05) is 20.2 Å². The SMILES string of the molecule is CO[C@H]1Cc2cc(C(=O)NC3CCN(Cc4ccccc4)CC3)nn2C1. The van der Waals surface area contributed by atoms with E-state index in [9.17, 15) is 4.79 Å². The molecule has 0 radical (unpaired) electrons. The molecule has 3 heterocycles. The highest BCUT2D eigenvalue weighted by atomic mass is 16.5. The lowest BCUT2D eigenvalue weighted by molar-refractivity contribution is 0.0895. The van der Waals surface area contributed by atoms with Crippen molar-refractivity contribution in [2.45, 2.75) is 44.5 Å². The summed E-state index contributed by atoms with van der Waals surface area (Å²) in [6.07, 6.45) is 2.98. The smallest absolute Gasteiger partial charge is 0.272 e. The van der Waals surface area contributed by atoms with E-state index in [-0.39, 0.29) is 18.1 Å². The number of hydrogen-bond acceptors (Lipinski definition) is 4. The van der Waals surface area contributed by atoms with E-state index in [1.165, 1.54) is 5.56 Å². The normalized spacial score (nSPS) is 20.9. The van der Waals surface area contributed by atoms with Gasteiger partial charge in [0.15, 0.2) is 0 Å². The minimum absolute atomic E-state index is 0.0534. The minimum atomic E-state index is -0.0534. The fourth-order valence-electron chi connectivity index (χ4n) is 3.87. The van der Waals surface area contributed by atoms with E-state index < -0.39 is 0 Å². The third kappa shape index (κ3) is 3.81. The number of amides is 1. The summed E-state index contributed by atoms with van der Waals surface area (Å²) in [6, 6.07) is 12.7. The second kappa shape index (κ2) is 7.60.